The third kappa shape index (κ3) is 2.50. The van der Waals surface area contributed by atoms with Gasteiger partial charge in [0, 0.05) is 6.04 Å². The van der Waals surface area contributed by atoms with Crippen molar-refractivity contribution in [3.63, 3.8) is 0 Å². The second-order valence-electron chi connectivity index (χ2n) is 3.58. The highest BCUT2D eigenvalue weighted by atomic mass is 32.1. The van der Waals surface area contributed by atoms with Crippen molar-refractivity contribution in [2.24, 2.45) is 0 Å². The molecule has 4 N–H and O–H groups in total. The van der Waals surface area contributed by atoms with Crippen molar-refractivity contribution in [1.29, 1.82) is 0 Å². The quantitative estimate of drug-likeness (QED) is 0.742. The summed E-state index contributed by atoms with van der Waals surface area (Å²) in [6.45, 7) is 2.13. The number of thiophene rings is 1. The van der Waals surface area contributed by atoms with E-state index in [0.717, 1.165) is 12.1 Å². The van der Waals surface area contributed by atoms with Crippen LogP contribution >= 0.6 is 11.3 Å². The number of nitrogens with zero attached hydrogens (tertiary/aromatic N) is 1. The maximum atomic E-state index is 5.68. The van der Waals surface area contributed by atoms with Gasteiger partial charge in [0.15, 0.2) is 0 Å². The van der Waals surface area contributed by atoms with Crippen LogP contribution in [0, 0.1) is 0 Å². The zero-order chi connectivity index (χ0) is 10.7. The largest absolute Gasteiger partial charge is 0.382 e. The molecule has 1 unspecified atom stereocenters. The van der Waals surface area contributed by atoms with E-state index in [1.807, 2.05) is 0 Å². The van der Waals surface area contributed by atoms with Crippen molar-refractivity contribution in [3.05, 3.63) is 28.6 Å². The van der Waals surface area contributed by atoms with Crippen molar-refractivity contribution in [3.8, 4) is 0 Å². The number of anilines is 2. The Balaban J connectivity index is 1.93. The number of H-pyrrole nitrogens is 1. The second-order valence-corrected chi connectivity index (χ2v) is 4.36. The Hall–Kier alpha value is -1.49. The molecule has 0 aromatic carbocycles. The van der Waals surface area contributed by atoms with Crippen LogP contribution in [0.5, 0.6) is 0 Å². The average Bonchev–Trinajstić information content (AvgIpc) is 2.79. The Kier molecular flexibility index (Phi) is 2.91. The number of nitrogens with one attached hydrogen (secondary N) is 2. The molecule has 80 valence electrons. The summed E-state index contributed by atoms with van der Waals surface area (Å²) in [5.74, 6) is 0.590. The van der Waals surface area contributed by atoms with E-state index in [4.69, 9.17) is 5.73 Å². The van der Waals surface area contributed by atoms with E-state index in [1.165, 1.54) is 5.56 Å². The second kappa shape index (κ2) is 4.35. The van der Waals surface area contributed by atoms with Gasteiger partial charge in [-0.1, -0.05) is 0 Å². The lowest BCUT2D eigenvalue weighted by molar-refractivity contribution is 0.793. The zero-order valence-electron chi connectivity index (χ0n) is 8.53. The molecule has 2 heterocycles. The highest BCUT2D eigenvalue weighted by molar-refractivity contribution is 7.07. The molecule has 15 heavy (non-hydrogen) atoms. The van der Waals surface area contributed by atoms with Crippen LogP contribution in [0.3, 0.4) is 0 Å². The molecule has 0 bridgehead atoms. The first-order valence-corrected chi connectivity index (χ1v) is 5.76. The summed E-state index contributed by atoms with van der Waals surface area (Å²) < 4.78 is 0. The highest BCUT2D eigenvalue weighted by Gasteiger charge is 2.07. The average molecular weight is 222 g/mol. The maximum Gasteiger partial charge on any atom is 0.142 e. The van der Waals surface area contributed by atoms with Gasteiger partial charge in [-0.15, -0.1) is 0 Å². The maximum absolute atomic E-state index is 5.68. The van der Waals surface area contributed by atoms with E-state index in [-0.39, 0.29) is 0 Å². The molecule has 0 aliphatic carbocycles. The Morgan fingerprint density at radius 1 is 1.67 bits per heavy atom. The van der Waals surface area contributed by atoms with Crippen LogP contribution in [0.1, 0.15) is 12.5 Å². The monoisotopic (exact) mass is 222 g/mol. The van der Waals surface area contributed by atoms with Crippen LogP contribution in [0.4, 0.5) is 11.5 Å². The first-order chi connectivity index (χ1) is 7.25. The van der Waals surface area contributed by atoms with Crippen molar-refractivity contribution in [1.82, 2.24) is 10.2 Å². The molecule has 0 amide bonds. The van der Waals surface area contributed by atoms with Crippen LogP contribution in [-0.2, 0) is 6.42 Å². The fourth-order valence-corrected chi connectivity index (χ4v) is 2.17. The van der Waals surface area contributed by atoms with Crippen LogP contribution in [0.2, 0.25) is 0 Å². The molecule has 0 aliphatic heterocycles. The minimum atomic E-state index is 0.347. The Labute approximate surface area is 92.5 Å². The molecule has 2 aromatic rings. The zero-order valence-corrected chi connectivity index (χ0v) is 9.34. The molecule has 0 spiro atoms. The van der Waals surface area contributed by atoms with E-state index in [0.29, 0.717) is 11.9 Å². The lowest BCUT2D eigenvalue weighted by atomic mass is 10.1. The van der Waals surface area contributed by atoms with Crippen LogP contribution in [-0.4, -0.2) is 16.2 Å². The van der Waals surface area contributed by atoms with Gasteiger partial charge in [-0.25, -0.2) is 0 Å². The molecule has 2 aromatic heterocycles. The normalized spacial score (nSPS) is 12.6. The molecule has 0 aliphatic rings. The van der Waals surface area contributed by atoms with Crippen molar-refractivity contribution in [2.45, 2.75) is 19.4 Å². The summed E-state index contributed by atoms with van der Waals surface area (Å²) in [6.07, 6.45) is 2.70. The lowest BCUT2D eigenvalue weighted by Crippen LogP contribution is -2.18. The fraction of sp³-hybridized carbons (Fsp3) is 0.300. The molecule has 0 fully saturated rings. The topological polar surface area (TPSA) is 66.7 Å². The van der Waals surface area contributed by atoms with E-state index in [1.54, 1.807) is 17.5 Å². The van der Waals surface area contributed by atoms with E-state index in [9.17, 15) is 0 Å². The smallest absolute Gasteiger partial charge is 0.142 e. The summed E-state index contributed by atoms with van der Waals surface area (Å²) in [7, 11) is 0. The Morgan fingerprint density at radius 2 is 2.53 bits per heavy atom. The number of hydrogen-bond donors (Lipinski definition) is 3. The summed E-state index contributed by atoms with van der Waals surface area (Å²) >= 11 is 1.72. The summed E-state index contributed by atoms with van der Waals surface area (Å²) in [5, 5.41) is 14.1. The highest BCUT2D eigenvalue weighted by Crippen LogP contribution is 2.16. The van der Waals surface area contributed by atoms with Crippen molar-refractivity contribution >= 4 is 22.8 Å². The first kappa shape index (κ1) is 10.0. The third-order valence-electron chi connectivity index (χ3n) is 2.19. The number of aromatic nitrogens is 2. The van der Waals surface area contributed by atoms with Gasteiger partial charge < -0.3 is 11.1 Å². The van der Waals surface area contributed by atoms with Crippen LogP contribution in [0.25, 0.3) is 0 Å². The van der Waals surface area contributed by atoms with Gasteiger partial charge in [-0.3, -0.25) is 5.10 Å². The standard InChI is InChI=1S/C10H14N4S/c1-7(4-8-2-3-15-6-8)13-9-5-12-14-10(9)11/h2-3,5-7,13H,4H2,1H3,(H3,11,12,14). The van der Waals surface area contributed by atoms with Crippen molar-refractivity contribution < 1.29 is 0 Å². The molecule has 0 saturated carbocycles. The fourth-order valence-electron chi connectivity index (χ4n) is 1.49. The number of hydrogen-bond acceptors (Lipinski definition) is 4. The Bertz CT molecular complexity index is 407. The molecular weight excluding hydrogens is 208 g/mol. The lowest BCUT2D eigenvalue weighted by Gasteiger charge is -2.13. The van der Waals surface area contributed by atoms with E-state index >= 15 is 0 Å². The first-order valence-electron chi connectivity index (χ1n) is 4.82. The number of nitrogen functional groups attached to an aromatic ring is 1. The van der Waals surface area contributed by atoms with Gasteiger partial charge in [0.1, 0.15) is 5.82 Å². The molecule has 5 heteroatoms. The van der Waals surface area contributed by atoms with E-state index < -0.39 is 0 Å². The van der Waals surface area contributed by atoms with Gasteiger partial charge in [0.2, 0.25) is 0 Å². The Morgan fingerprint density at radius 3 is 3.13 bits per heavy atom. The molecular formula is C10H14N4S. The van der Waals surface area contributed by atoms with Crippen LogP contribution < -0.4 is 11.1 Å². The third-order valence-corrected chi connectivity index (χ3v) is 2.92. The summed E-state index contributed by atoms with van der Waals surface area (Å²) in [4.78, 5) is 0. The van der Waals surface area contributed by atoms with Crippen molar-refractivity contribution in [2.75, 3.05) is 11.1 Å². The predicted molar refractivity (Wildman–Crippen MR) is 64.1 cm³/mol. The summed E-state index contributed by atoms with van der Waals surface area (Å²) in [5.41, 5.74) is 7.91. The molecule has 0 radical (unpaired) electrons. The molecule has 1 atom stereocenters. The minimum Gasteiger partial charge on any atom is -0.382 e. The number of aromatic amines is 1. The van der Waals surface area contributed by atoms with Gasteiger partial charge in [0.05, 0.1) is 11.9 Å². The van der Waals surface area contributed by atoms with E-state index in [2.05, 4.69) is 39.3 Å². The van der Waals surface area contributed by atoms with Crippen LogP contribution in [0.15, 0.2) is 23.0 Å². The number of rotatable bonds is 4. The SMILES string of the molecule is CC(Cc1ccsc1)Nc1cn[nH]c1N. The van der Waals surface area contributed by atoms with Gasteiger partial charge in [0.25, 0.3) is 0 Å². The van der Waals surface area contributed by atoms with Gasteiger partial charge in [-0.05, 0) is 35.7 Å². The molecule has 0 saturated heterocycles. The minimum absolute atomic E-state index is 0.347. The molecule has 2 rings (SSSR count). The van der Waals surface area contributed by atoms with Gasteiger partial charge in [-0.2, -0.15) is 16.4 Å². The van der Waals surface area contributed by atoms with Gasteiger partial charge >= 0.3 is 0 Å². The number of nitrogens with two attached hydrogens (primary N) is 1. The molecule has 4 nitrogen and oxygen atoms in total. The summed E-state index contributed by atoms with van der Waals surface area (Å²) in [6, 6.07) is 2.49. The predicted octanol–water partition coefficient (Wildman–Crippen LogP) is 2.10.